The van der Waals surface area contributed by atoms with E-state index < -0.39 is 13.4 Å². The molecule has 0 heterocycles. The van der Waals surface area contributed by atoms with Gasteiger partial charge in [-0.1, -0.05) is 0 Å². The van der Waals surface area contributed by atoms with E-state index in [1.165, 1.54) is 14.2 Å². The van der Waals surface area contributed by atoms with E-state index in [0.717, 1.165) is 0 Å². The van der Waals surface area contributed by atoms with Gasteiger partial charge in [0.2, 0.25) is 0 Å². The first-order chi connectivity index (χ1) is 10.2. The Kier molecular flexibility index (Phi) is 6.88. The van der Waals surface area contributed by atoms with Crippen molar-refractivity contribution in [3.8, 4) is 11.5 Å². The number of hydrogen-bond donors (Lipinski definition) is 1. The summed E-state index contributed by atoms with van der Waals surface area (Å²) in [7, 11) is -0.785. The topological polar surface area (TPSA) is 74.2 Å². The summed E-state index contributed by atoms with van der Waals surface area (Å²) in [4.78, 5) is 0. The molecule has 6 nitrogen and oxygen atoms in total. The van der Waals surface area contributed by atoms with E-state index >= 15 is 0 Å². The van der Waals surface area contributed by atoms with E-state index in [1.54, 1.807) is 45.9 Å². The first-order valence-electron chi connectivity index (χ1n) is 7.10. The molecule has 1 atom stereocenters. The molecule has 0 unspecified atom stereocenters. The van der Waals surface area contributed by atoms with Crippen molar-refractivity contribution in [1.82, 2.24) is 0 Å². The maximum Gasteiger partial charge on any atom is 0.364 e. The summed E-state index contributed by atoms with van der Waals surface area (Å²) in [6.45, 7) is 6.92. The summed E-state index contributed by atoms with van der Waals surface area (Å²) in [5.74, 6) is -0.526. The molecular weight excluding hydrogens is 307 g/mol. The molecule has 22 heavy (non-hydrogen) atoms. The maximum absolute atomic E-state index is 13.0. The van der Waals surface area contributed by atoms with E-state index in [2.05, 4.69) is 0 Å². The van der Waals surface area contributed by atoms with Crippen LogP contribution < -0.4 is 9.47 Å². The van der Waals surface area contributed by atoms with Gasteiger partial charge in [-0.3, -0.25) is 4.57 Å². The smallest absolute Gasteiger partial charge is 0.364 e. The lowest BCUT2D eigenvalue weighted by molar-refractivity contribution is 0.100. The fraction of sp³-hybridized carbons (Fsp3) is 0.600. The van der Waals surface area contributed by atoms with Gasteiger partial charge in [0.1, 0.15) is 11.5 Å². The van der Waals surface area contributed by atoms with Gasteiger partial charge in [0.15, 0.2) is 5.85 Å². The highest BCUT2D eigenvalue weighted by atomic mass is 31.2. The average Bonchev–Trinajstić information content (AvgIpc) is 2.43. The van der Waals surface area contributed by atoms with Crippen LogP contribution in [0.2, 0.25) is 0 Å². The number of benzene rings is 1. The van der Waals surface area contributed by atoms with Gasteiger partial charge in [-0.25, -0.2) is 0 Å². The van der Waals surface area contributed by atoms with Gasteiger partial charge < -0.3 is 23.6 Å². The normalized spacial score (nSPS) is 13.5. The minimum atomic E-state index is -3.77. The molecule has 1 aromatic carbocycles. The van der Waals surface area contributed by atoms with Gasteiger partial charge in [-0.2, -0.15) is 0 Å². The summed E-state index contributed by atoms with van der Waals surface area (Å²) < 4.78 is 34.2. The lowest BCUT2D eigenvalue weighted by Crippen LogP contribution is -2.14. The molecule has 0 aliphatic carbocycles. The van der Waals surface area contributed by atoms with Crippen molar-refractivity contribution in [3.63, 3.8) is 0 Å². The van der Waals surface area contributed by atoms with Crippen LogP contribution in [0.5, 0.6) is 11.5 Å². The fourth-order valence-corrected chi connectivity index (χ4v) is 3.94. The molecule has 0 amide bonds. The standard InChI is InChI=1S/C15H25O6P/c1-10(2)20-22(17,21-11(3)4)15(16)13-8-7-12(18-5)9-14(13)19-6/h7-11,15-16H,1-6H3/t15-/m1/s1. The molecular formula is C15H25O6P. The summed E-state index contributed by atoms with van der Waals surface area (Å²) >= 11 is 0. The highest BCUT2D eigenvalue weighted by molar-refractivity contribution is 7.54. The summed E-state index contributed by atoms with van der Waals surface area (Å²) in [6, 6.07) is 4.84. The van der Waals surface area contributed by atoms with Crippen LogP contribution in [0.15, 0.2) is 18.2 Å². The van der Waals surface area contributed by atoms with E-state index in [1.807, 2.05) is 0 Å². The Morgan fingerprint density at radius 1 is 1.00 bits per heavy atom. The van der Waals surface area contributed by atoms with Crippen LogP contribution in [-0.4, -0.2) is 31.5 Å². The van der Waals surface area contributed by atoms with Crippen molar-refractivity contribution in [2.24, 2.45) is 0 Å². The van der Waals surface area contributed by atoms with Crippen molar-refractivity contribution in [2.45, 2.75) is 45.7 Å². The molecule has 0 spiro atoms. The third kappa shape index (κ3) is 4.71. The first-order valence-corrected chi connectivity index (χ1v) is 8.71. The molecule has 0 aliphatic rings. The number of methoxy groups -OCH3 is 2. The second-order valence-electron chi connectivity index (χ2n) is 5.33. The third-order valence-electron chi connectivity index (χ3n) is 2.73. The number of aliphatic hydroxyl groups is 1. The Morgan fingerprint density at radius 3 is 1.95 bits per heavy atom. The molecule has 0 fully saturated rings. The monoisotopic (exact) mass is 332 g/mol. The Balaban J connectivity index is 3.23. The fourth-order valence-electron chi connectivity index (χ4n) is 1.93. The molecule has 1 N–H and O–H groups in total. The quantitative estimate of drug-likeness (QED) is 0.731. The zero-order valence-corrected chi connectivity index (χ0v) is 14.8. The van der Waals surface area contributed by atoms with Crippen LogP contribution in [0.3, 0.4) is 0 Å². The van der Waals surface area contributed by atoms with Crippen LogP contribution in [-0.2, 0) is 13.6 Å². The van der Waals surface area contributed by atoms with Gasteiger partial charge in [0.05, 0.1) is 26.4 Å². The largest absolute Gasteiger partial charge is 0.497 e. The second-order valence-corrected chi connectivity index (χ2v) is 7.32. The molecule has 1 rings (SSSR count). The molecule has 0 saturated carbocycles. The lowest BCUT2D eigenvalue weighted by Gasteiger charge is -2.27. The highest BCUT2D eigenvalue weighted by Gasteiger charge is 2.39. The number of ether oxygens (including phenoxy) is 2. The van der Waals surface area contributed by atoms with Crippen molar-refractivity contribution in [3.05, 3.63) is 23.8 Å². The molecule has 0 bridgehead atoms. The SMILES string of the molecule is COc1ccc([C@H](O)P(=O)(OC(C)C)OC(C)C)c(OC)c1. The molecule has 126 valence electrons. The molecule has 0 saturated heterocycles. The van der Waals surface area contributed by atoms with E-state index in [0.29, 0.717) is 17.1 Å². The van der Waals surface area contributed by atoms with Gasteiger partial charge in [-0.15, -0.1) is 0 Å². The molecule has 0 aliphatic heterocycles. The van der Waals surface area contributed by atoms with E-state index in [4.69, 9.17) is 18.5 Å². The van der Waals surface area contributed by atoms with Crippen LogP contribution in [0.1, 0.15) is 39.1 Å². The van der Waals surface area contributed by atoms with Crippen molar-refractivity contribution < 1.29 is 28.2 Å². The molecule has 0 aromatic heterocycles. The minimum absolute atomic E-state index is 0.327. The zero-order valence-electron chi connectivity index (χ0n) is 13.9. The van der Waals surface area contributed by atoms with Gasteiger partial charge >= 0.3 is 7.60 Å². The lowest BCUT2D eigenvalue weighted by atomic mass is 10.2. The zero-order chi connectivity index (χ0) is 16.9. The Hall–Kier alpha value is -1.07. The van der Waals surface area contributed by atoms with E-state index in [9.17, 15) is 9.67 Å². The van der Waals surface area contributed by atoms with E-state index in [-0.39, 0.29) is 12.2 Å². The minimum Gasteiger partial charge on any atom is -0.497 e. The Morgan fingerprint density at radius 2 is 1.55 bits per heavy atom. The van der Waals surface area contributed by atoms with Crippen LogP contribution in [0.4, 0.5) is 0 Å². The maximum atomic E-state index is 13.0. The summed E-state index contributed by atoms with van der Waals surface area (Å²) in [6.07, 6.45) is -0.716. The number of aliphatic hydroxyl groups excluding tert-OH is 1. The summed E-state index contributed by atoms with van der Waals surface area (Å²) in [5, 5.41) is 10.6. The van der Waals surface area contributed by atoms with Crippen molar-refractivity contribution >= 4 is 7.60 Å². The third-order valence-corrected chi connectivity index (χ3v) is 5.04. The van der Waals surface area contributed by atoms with Gasteiger partial charge in [0, 0.05) is 11.6 Å². The number of hydrogen-bond acceptors (Lipinski definition) is 6. The predicted octanol–water partition coefficient (Wildman–Crippen LogP) is 3.74. The number of rotatable bonds is 8. The predicted molar refractivity (Wildman–Crippen MR) is 84.6 cm³/mol. The second kappa shape index (κ2) is 7.97. The average molecular weight is 332 g/mol. The molecule has 1 aromatic rings. The van der Waals surface area contributed by atoms with Crippen LogP contribution in [0.25, 0.3) is 0 Å². The molecule has 0 radical (unpaired) electrons. The van der Waals surface area contributed by atoms with Gasteiger partial charge in [0.25, 0.3) is 0 Å². The van der Waals surface area contributed by atoms with Crippen molar-refractivity contribution in [2.75, 3.05) is 14.2 Å². The van der Waals surface area contributed by atoms with Crippen LogP contribution in [0, 0.1) is 0 Å². The first kappa shape index (κ1) is 19.0. The Labute approximate surface area is 131 Å². The van der Waals surface area contributed by atoms with Crippen molar-refractivity contribution in [1.29, 1.82) is 0 Å². The molecule has 7 heteroatoms. The highest BCUT2D eigenvalue weighted by Crippen LogP contribution is 2.62. The van der Waals surface area contributed by atoms with Gasteiger partial charge in [-0.05, 0) is 39.8 Å². The Bertz CT molecular complexity index is 515. The summed E-state index contributed by atoms with van der Waals surface area (Å²) in [5.41, 5.74) is 0.327. The van der Waals surface area contributed by atoms with Crippen LogP contribution >= 0.6 is 7.60 Å².